The van der Waals surface area contributed by atoms with E-state index >= 15 is 0 Å². The Morgan fingerprint density at radius 1 is 0.704 bits per heavy atom. The van der Waals surface area contributed by atoms with Gasteiger partial charge in [-0.15, -0.1) is 0 Å². The lowest BCUT2D eigenvalue weighted by Gasteiger charge is -2.29. The van der Waals surface area contributed by atoms with Gasteiger partial charge in [-0.05, 0) is 43.1 Å². The molecule has 2 heterocycles. The number of aromatic nitrogens is 1. The van der Waals surface area contributed by atoms with Crippen LogP contribution in [0, 0.1) is 0 Å². The Morgan fingerprint density at radius 2 is 1.33 bits per heavy atom. The molecule has 0 saturated carbocycles. The van der Waals surface area contributed by atoms with Crippen molar-refractivity contribution < 1.29 is 0 Å². The molecule has 5 rings (SSSR count). The first-order valence-electron chi connectivity index (χ1n) is 9.87. The van der Waals surface area contributed by atoms with Gasteiger partial charge in [0, 0.05) is 16.5 Å². The molecule has 1 unspecified atom stereocenters. The standard InChI is InChI=1S/C25H24N2/c1-3-11-19(12-4-1)24-23(21-15-7-8-16-22(21)26-24)25(27-17-9-10-18-27)20-13-5-2-6-14-20/h1-8,11-16,25-26H,9-10,17-18H2. The molecule has 0 amide bonds. The molecular formula is C25H24N2. The van der Waals surface area contributed by atoms with Crippen molar-refractivity contribution >= 4 is 10.9 Å². The maximum atomic E-state index is 3.73. The van der Waals surface area contributed by atoms with Crippen molar-refractivity contribution in [2.45, 2.75) is 18.9 Å². The van der Waals surface area contributed by atoms with Crippen molar-refractivity contribution in [1.82, 2.24) is 9.88 Å². The molecule has 3 aromatic carbocycles. The smallest absolute Gasteiger partial charge is 0.0629 e. The van der Waals surface area contributed by atoms with Crippen LogP contribution in [0.15, 0.2) is 84.9 Å². The maximum absolute atomic E-state index is 3.73. The van der Waals surface area contributed by atoms with E-state index in [4.69, 9.17) is 0 Å². The van der Waals surface area contributed by atoms with E-state index in [-0.39, 0.29) is 6.04 Å². The molecule has 1 N–H and O–H groups in total. The van der Waals surface area contributed by atoms with Gasteiger partial charge in [0.15, 0.2) is 0 Å². The van der Waals surface area contributed by atoms with Crippen molar-refractivity contribution in [3.8, 4) is 11.3 Å². The minimum atomic E-state index is 0.278. The SMILES string of the molecule is c1ccc(-c2[nH]c3ccccc3c2C(c2ccccc2)N2CCCC2)cc1. The number of aromatic amines is 1. The Hall–Kier alpha value is -2.84. The lowest BCUT2D eigenvalue weighted by atomic mass is 9.92. The molecule has 134 valence electrons. The van der Waals surface area contributed by atoms with Crippen LogP contribution in [0.2, 0.25) is 0 Å². The second kappa shape index (κ2) is 7.05. The number of nitrogens with zero attached hydrogens (tertiary/aromatic N) is 1. The largest absolute Gasteiger partial charge is 0.354 e. The van der Waals surface area contributed by atoms with Crippen LogP contribution >= 0.6 is 0 Å². The lowest BCUT2D eigenvalue weighted by Crippen LogP contribution is -2.26. The van der Waals surface area contributed by atoms with E-state index in [9.17, 15) is 0 Å². The third-order valence-corrected chi connectivity index (χ3v) is 5.70. The summed E-state index contributed by atoms with van der Waals surface area (Å²) in [5.74, 6) is 0. The Morgan fingerprint density at radius 3 is 2.07 bits per heavy atom. The summed E-state index contributed by atoms with van der Waals surface area (Å²) in [5.41, 5.74) is 6.50. The number of para-hydroxylation sites is 1. The highest BCUT2D eigenvalue weighted by Crippen LogP contribution is 2.41. The minimum absolute atomic E-state index is 0.278. The second-order valence-corrected chi connectivity index (χ2v) is 7.38. The fourth-order valence-electron chi connectivity index (χ4n) is 4.48. The third kappa shape index (κ3) is 2.96. The van der Waals surface area contributed by atoms with Gasteiger partial charge in [0.2, 0.25) is 0 Å². The third-order valence-electron chi connectivity index (χ3n) is 5.70. The number of hydrogen-bond donors (Lipinski definition) is 1. The number of likely N-dealkylation sites (tertiary alicyclic amines) is 1. The van der Waals surface area contributed by atoms with Gasteiger partial charge in [-0.1, -0.05) is 78.9 Å². The number of fused-ring (bicyclic) bond motifs is 1. The molecule has 1 aliphatic heterocycles. The van der Waals surface area contributed by atoms with Crippen LogP contribution in [0.25, 0.3) is 22.2 Å². The van der Waals surface area contributed by atoms with Crippen LogP contribution < -0.4 is 0 Å². The summed E-state index contributed by atoms with van der Waals surface area (Å²) in [6.45, 7) is 2.32. The van der Waals surface area contributed by atoms with E-state index < -0.39 is 0 Å². The molecule has 1 saturated heterocycles. The summed E-state index contributed by atoms with van der Waals surface area (Å²) in [6, 6.07) is 30.7. The zero-order valence-corrected chi connectivity index (χ0v) is 15.4. The zero-order valence-electron chi connectivity index (χ0n) is 15.4. The van der Waals surface area contributed by atoms with Crippen LogP contribution in [0.4, 0.5) is 0 Å². The number of H-pyrrole nitrogens is 1. The van der Waals surface area contributed by atoms with E-state index in [2.05, 4.69) is 94.8 Å². The summed E-state index contributed by atoms with van der Waals surface area (Å²) < 4.78 is 0. The number of nitrogens with one attached hydrogen (secondary N) is 1. The van der Waals surface area contributed by atoms with Gasteiger partial charge in [0.1, 0.15) is 0 Å². The molecule has 0 bridgehead atoms. The van der Waals surface area contributed by atoms with E-state index in [1.165, 1.54) is 46.1 Å². The highest BCUT2D eigenvalue weighted by atomic mass is 15.2. The fraction of sp³-hybridized carbons (Fsp3) is 0.200. The first-order chi connectivity index (χ1) is 13.4. The van der Waals surface area contributed by atoms with Gasteiger partial charge < -0.3 is 4.98 Å². The Kier molecular flexibility index (Phi) is 4.27. The number of hydrogen-bond acceptors (Lipinski definition) is 1. The van der Waals surface area contributed by atoms with Crippen LogP contribution in [0.3, 0.4) is 0 Å². The number of rotatable bonds is 4. The van der Waals surface area contributed by atoms with Crippen molar-refractivity contribution in [2.24, 2.45) is 0 Å². The van der Waals surface area contributed by atoms with Gasteiger partial charge in [-0.2, -0.15) is 0 Å². The highest BCUT2D eigenvalue weighted by molar-refractivity contribution is 5.91. The lowest BCUT2D eigenvalue weighted by molar-refractivity contribution is 0.283. The summed E-state index contributed by atoms with van der Waals surface area (Å²) >= 11 is 0. The van der Waals surface area contributed by atoms with Crippen molar-refractivity contribution in [1.29, 1.82) is 0 Å². The second-order valence-electron chi connectivity index (χ2n) is 7.38. The molecule has 2 heteroatoms. The molecule has 0 spiro atoms. The van der Waals surface area contributed by atoms with Crippen LogP contribution in [-0.2, 0) is 0 Å². The monoisotopic (exact) mass is 352 g/mol. The van der Waals surface area contributed by atoms with E-state index in [1.54, 1.807) is 0 Å². The van der Waals surface area contributed by atoms with E-state index in [0.717, 1.165) is 13.1 Å². The minimum Gasteiger partial charge on any atom is -0.354 e. The van der Waals surface area contributed by atoms with Gasteiger partial charge >= 0.3 is 0 Å². The molecule has 1 fully saturated rings. The highest BCUT2D eigenvalue weighted by Gasteiger charge is 2.29. The molecule has 2 nitrogen and oxygen atoms in total. The Bertz CT molecular complexity index is 1030. The molecule has 4 aromatic rings. The van der Waals surface area contributed by atoms with Crippen molar-refractivity contribution in [2.75, 3.05) is 13.1 Å². The summed E-state index contributed by atoms with van der Waals surface area (Å²) in [4.78, 5) is 6.38. The van der Waals surface area contributed by atoms with Gasteiger partial charge in [0.05, 0.1) is 11.7 Å². The predicted molar refractivity (Wildman–Crippen MR) is 113 cm³/mol. The fourth-order valence-corrected chi connectivity index (χ4v) is 4.48. The number of benzene rings is 3. The maximum Gasteiger partial charge on any atom is 0.0629 e. The van der Waals surface area contributed by atoms with Crippen molar-refractivity contribution in [3.05, 3.63) is 96.1 Å². The zero-order chi connectivity index (χ0) is 18.1. The normalized spacial score (nSPS) is 16.0. The summed E-state index contributed by atoms with van der Waals surface area (Å²) in [7, 11) is 0. The first kappa shape index (κ1) is 16.3. The summed E-state index contributed by atoms with van der Waals surface area (Å²) in [6.07, 6.45) is 2.57. The molecule has 0 aliphatic carbocycles. The van der Waals surface area contributed by atoms with Gasteiger partial charge in [0.25, 0.3) is 0 Å². The average molecular weight is 352 g/mol. The molecular weight excluding hydrogens is 328 g/mol. The van der Waals surface area contributed by atoms with E-state index in [1.807, 2.05) is 0 Å². The van der Waals surface area contributed by atoms with Gasteiger partial charge in [-0.3, -0.25) is 4.90 Å². The molecule has 1 aliphatic rings. The summed E-state index contributed by atoms with van der Waals surface area (Å²) in [5, 5.41) is 1.33. The van der Waals surface area contributed by atoms with Crippen LogP contribution in [0.1, 0.15) is 30.0 Å². The molecule has 1 atom stereocenters. The topological polar surface area (TPSA) is 19.0 Å². The van der Waals surface area contributed by atoms with Crippen molar-refractivity contribution in [3.63, 3.8) is 0 Å². The van der Waals surface area contributed by atoms with E-state index in [0.29, 0.717) is 0 Å². The van der Waals surface area contributed by atoms with Crippen LogP contribution in [0.5, 0.6) is 0 Å². The average Bonchev–Trinajstić information content (AvgIpc) is 3.39. The predicted octanol–water partition coefficient (Wildman–Crippen LogP) is 6.02. The molecule has 27 heavy (non-hydrogen) atoms. The Labute approximate surface area is 160 Å². The molecule has 0 radical (unpaired) electrons. The quantitative estimate of drug-likeness (QED) is 0.476. The molecule has 1 aromatic heterocycles. The van der Waals surface area contributed by atoms with Crippen LogP contribution in [-0.4, -0.2) is 23.0 Å². The van der Waals surface area contributed by atoms with Gasteiger partial charge in [-0.25, -0.2) is 0 Å². The first-order valence-corrected chi connectivity index (χ1v) is 9.87. The Balaban J connectivity index is 1.78.